The van der Waals surface area contributed by atoms with Crippen LogP contribution >= 0.6 is 0 Å². The van der Waals surface area contributed by atoms with Crippen LogP contribution in [0.15, 0.2) is 18.5 Å². The molecule has 0 saturated carbocycles. The average Bonchev–Trinajstić information content (AvgIpc) is 2.33. The Morgan fingerprint density at radius 2 is 1.83 bits per heavy atom. The molecule has 98 valence electrons. The molecule has 1 heterocycles. The molecule has 1 aromatic rings. The average molecular weight is 255 g/mol. The standard InChI is InChI=1S/C12H14FNO4/c1-3-17-11(15)10(12(16)18-4-2)8-5-6-14-7-9(8)13/h5-7,10H,3-4H2,1-2H3. The van der Waals surface area contributed by atoms with E-state index >= 15 is 0 Å². The van der Waals surface area contributed by atoms with Crippen molar-refractivity contribution in [2.45, 2.75) is 19.8 Å². The first-order valence-electron chi connectivity index (χ1n) is 5.54. The second kappa shape index (κ2) is 6.68. The van der Waals surface area contributed by atoms with Crippen LogP contribution in [-0.4, -0.2) is 30.1 Å². The van der Waals surface area contributed by atoms with Crippen LogP contribution in [0.25, 0.3) is 0 Å². The molecule has 0 N–H and O–H groups in total. The summed E-state index contributed by atoms with van der Waals surface area (Å²) < 4.78 is 23.1. The molecule has 0 saturated heterocycles. The highest BCUT2D eigenvalue weighted by Gasteiger charge is 2.33. The van der Waals surface area contributed by atoms with Crippen LogP contribution in [0.4, 0.5) is 4.39 Å². The predicted octanol–water partition coefficient (Wildman–Crippen LogP) is 1.43. The molecule has 0 unspecified atom stereocenters. The minimum atomic E-state index is -1.41. The van der Waals surface area contributed by atoms with Crippen LogP contribution in [0.1, 0.15) is 25.3 Å². The number of rotatable bonds is 5. The number of pyridine rings is 1. The molecule has 1 aromatic heterocycles. The maximum absolute atomic E-state index is 13.6. The highest BCUT2D eigenvalue weighted by Crippen LogP contribution is 2.21. The molecule has 0 aromatic carbocycles. The number of hydrogen-bond donors (Lipinski definition) is 0. The molecule has 18 heavy (non-hydrogen) atoms. The van der Waals surface area contributed by atoms with Gasteiger partial charge in [0.2, 0.25) is 0 Å². The van der Waals surface area contributed by atoms with Crippen molar-refractivity contribution in [2.24, 2.45) is 0 Å². The molecule has 0 aliphatic carbocycles. The second-order valence-electron chi connectivity index (χ2n) is 3.33. The van der Waals surface area contributed by atoms with E-state index in [2.05, 4.69) is 4.98 Å². The van der Waals surface area contributed by atoms with Gasteiger partial charge < -0.3 is 9.47 Å². The van der Waals surface area contributed by atoms with E-state index in [1.807, 2.05) is 0 Å². The molecule has 5 nitrogen and oxygen atoms in total. The normalized spacial score (nSPS) is 10.2. The number of nitrogens with zero attached hydrogens (tertiary/aromatic N) is 1. The van der Waals surface area contributed by atoms with Gasteiger partial charge in [-0.1, -0.05) is 0 Å². The van der Waals surface area contributed by atoms with E-state index in [0.717, 1.165) is 6.20 Å². The van der Waals surface area contributed by atoms with Gasteiger partial charge in [0.1, 0.15) is 5.82 Å². The molecular formula is C12H14FNO4. The quantitative estimate of drug-likeness (QED) is 0.588. The summed E-state index contributed by atoms with van der Waals surface area (Å²) in [6.45, 7) is 3.40. The lowest BCUT2D eigenvalue weighted by atomic mass is 10.00. The Bertz CT molecular complexity index is 418. The van der Waals surface area contributed by atoms with E-state index < -0.39 is 23.7 Å². The van der Waals surface area contributed by atoms with E-state index in [-0.39, 0.29) is 18.8 Å². The van der Waals surface area contributed by atoms with Gasteiger partial charge >= 0.3 is 11.9 Å². The second-order valence-corrected chi connectivity index (χ2v) is 3.33. The van der Waals surface area contributed by atoms with Gasteiger partial charge in [0, 0.05) is 11.8 Å². The molecule has 0 amide bonds. The summed E-state index contributed by atoms with van der Waals surface area (Å²) in [6.07, 6.45) is 2.23. The van der Waals surface area contributed by atoms with Crippen LogP contribution in [0.5, 0.6) is 0 Å². The highest BCUT2D eigenvalue weighted by molar-refractivity contribution is 6.00. The van der Waals surface area contributed by atoms with E-state index in [0.29, 0.717) is 0 Å². The van der Waals surface area contributed by atoms with Crippen LogP contribution in [0, 0.1) is 5.82 Å². The largest absolute Gasteiger partial charge is 0.465 e. The Kier molecular flexibility index (Phi) is 5.23. The minimum Gasteiger partial charge on any atom is -0.465 e. The lowest BCUT2D eigenvalue weighted by molar-refractivity contribution is -0.157. The van der Waals surface area contributed by atoms with E-state index in [4.69, 9.17) is 9.47 Å². The molecule has 0 aliphatic heterocycles. The Hall–Kier alpha value is -1.98. The van der Waals surface area contributed by atoms with Crippen molar-refractivity contribution >= 4 is 11.9 Å². The van der Waals surface area contributed by atoms with E-state index in [1.54, 1.807) is 13.8 Å². The lowest BCUT2D eigenvalue weighted by Gasteiger charge is -2.14. The summed E-state index contributed by atoms with van der Waals surface area (Å²) in [6, 6.07) is 1.26. The summed E-state index contributed by atoms with van der Waals surface area (Å²) in [4.78, 5) is 27.0. The topological polar surface area (TPSA) is 65.5 Å². The zero-order valence-corrected chi connectivity index (χ0v) is 10.2. The number of esters is 2. The van der Waals surface area contributed by atoms with Gasteiger partial charge in [0.15, 0.2) is 5.92 Å². The van der Waals surface area contributed by atoms with Crippen molar-refractivity contribution < 1.29 is 23.5 Å². The van der Waals surface area contributed by atoms with Crippen LogP contribution in [0.3, 0.4) is 0 Å². The summed E-state index contributed by atoms with van der Waals surface area (Å²) in [5.41, 5.74) is -0.0955. The van der Waals surface area contributed by atoms with Crippen LogP contribution in [0.2, 0.25) is 0 Å². The van der Waals surface area contributed by atoms with Gasteiger partial charge in [-0.25, -0.2) is 4.39 Å². The Labute approximate surface area is 104 Å². The fraction of sp³-hybridized carbons (Fsp3) is 0.417. The molecule has 0 radical (unpaired) electrons. The Morgan fingerprint density at radius 3 is 2.28 bits per heavy atom. The lowest BCUT2D eigenvalue weighted by Crippen LogP contribution is -2.27. The fourth-order valence-electron chi connectivity index (χ4n) is 1.42. The monoisotopic (exact) mass is 255 g/mol. The maximum atomic E-state index is 13.6. The first-order valence-corrected chi connectivity index (χ1v) is 5.54. The molecule has 0 spiro atoms. The third kappa shape index (κ3) is 3.26. The summed E-state index contributed by atoms with van der Waals surface area (Å²) in [5, 5.41) is 0. The van der Waals surface area contributed by atoms with Gasteiger partial charge in [0.05, 0.1) is 19.4 Å². The third-order valence-corrected chi connectivity index (χ3v) is 2.16. The molecule has 0 aliphatic rings. The molecule has 1 rings (SSSR count). The predicted molar refractivity (Wildman–Crippen MR) is 60.2 cm³/mol. The first kappa shape index (κ1) is 14.1. The smallest absolute Gasteiger partial charge is 0.325 e. The first-order chi connectivity index (χ1) is 8.61. The van der Waals surface area contributed by atoms with Crippen molar-refractivity contribution in [2.75, 3.05) is 13.2 Å². The number of carbonyl (C=O) groups excluding carboxylic acids is 2. The van der Waals surface area contributed by atoms with Crippen molar-refractivity contribution in [1.82, 2.24) is 4.98 Å². The number of carbonyl (C=O) groups is 2. The van der Waals surface area contributed by atoms with Crippen molar-refractivity contribution in [1.29, 1.82) is 0 Å². The van der Waals surface area contributed by atoms with Gasteiger partial charge in [-0.2, -0.15) is 0 Å². The van der Waals surface area contributed by atoms with Crippen LogP contribution in [-0.2, 0) is 19.1 Å². The minimum absolute atomic E-state index is 0.0955. The van der Waals surface area contributed by atoms with Gasteiger partial charge in [-0.3, -0.25) is 14.6 Å². The van der Waals surface area contributed by atoms with Gasteiger partial charge in [-0.05, 0) is 19.9 Å². The third-order valence-electron chi connectivity index (χ3n) is 2.16. The Morgan fingerprint density at radius 1 is 1.28 bits per heavy atom. The number of ether oxygens (including phenoxy) is 2. The molecule has 6 heteroatoms. The molecule has 0 atom stereocenters. The number of halogens is 1. The number of aromatic nitrogens is 1. The molecular weight excluding hydrogens is 241 g/mol. The molecule has 0 bridgehead atoms. The Balaban J connectivity index is 3.08. The SMILES string of the molecule is CCOC(=O)C(C(=O)OCC)c1ccncc1F. The maximum Gasteiger partial charge on any atom is 0.325 e. The van der Waals surface area contributed by atoms with Crippen molar-refractivity contribution in [3.05, 3.63) is 29.8 Å². The van der Waals surface area contributed by atoms with Crippen molar-refractivity contribution in [3.63, 3.8) is 0 Å². The summed E-state index contributed by atoms with van der Waals surface area (Å²) >= 11 is 0. The molecule has 0 fully saturated rings. The summed E-state index contributed by atoms with van der Waals surface area (Å²) in [5.74, 6) is -3.82. The van der Waals surface area contributed by atoms with Gasteiger partial charge in [-0.15, -0.1) is 0 Å². The number of hydrogen-bond acceptors (Lipinski definition) is 5. The van der Waals surface area contributed by atoms with E-state index in [9.17, 15) is 14.0 Å². The van der Waals surface area contributed by atoms with Gasteiger partial charge in [0.25, 0.3) is 0 Å². The highest BCUT2D eigenvalue weighted by atomic mass is 19.1. The van der Waals surface area contributed by atoms with E-state index in [1.165, 1.54) is 12.3 Å². The zero-order chi connectivity index (χ0) is 13.5. The summed E-state index contributed by atoms with van der Waals surface area (Å²) in [7, 11) is 0. The van der Waals surface area contributed by atoms with Crippen molar-refractivity contribution in [3.8, 4) is 0 Å². The zero-order valence-electron chi connectivity index (χ0n) is 10.2. The van der Waals surface area contributed by atoms with Crippen LogP contribution < -0.4 is 0 Å². The fourth-order valence-corrected chi connectivity index (χ4v) is 1.42.